The first kappa shape index (κ1) is 18.0. The number of quaternary nitrogens is 2. The van der Waals surface area contributed by atoms with Gasteiger partial charge in [0, 0.05) is 16.6 Å². The molecule has 1 fully saturated rings. The number of fused-ring (bicyclic) bond motifs is 1. The Morgan fingerprint density at radius 2 is 1.84 bits per heavy atom. The third-order valence-electron chi connectivity index (χ3n) is 5.35. The Labute approximate surface area is 149 Å². The highest BCUT2D eigenvalue weighted by Crippen LogP contribution is 2.18. The summed E-state index contributed by atoms with van der Waals surface area (Å²) >= 11 is 0. The van der Waals surface area contributed by atoms with Gasteiger partial charge in [0.25, 0.3) is 0 Å². The molecule has 0 radical (unpaired) electrons. The van der Waals surface area contributed by atoms with Crippen LogP contribution in [0.1, 0.15) is 31.5 Å². The molecule has 1 aliphatic heterocycles. The summed E-state index contributed by atoms with van der Waals surface area (Å²) in [5.74, 6) is 0.780. The maximum atomic E-state index is 13.1. The van der Waals surface area contributed by atoms with E-state index in [1.807, 2.05) is 25.1 Å². The molecule has 5 heteroatoms. The first-order chi connectivity index (χ1) is 12.1. The summed E-state index contributed by atoms with van der Waals surface area (Å²) in [6.45, 7) is 13.7. The van der Waals surface area contributed by atoms with Crippen LogP contribution in [0.3, 0.4) is 0 Å². The Morgan fingerprint density at radius 3 is 2.52 bits per heavy atom. The van der Waals surface area contributed by atoms with Crippen LogP contribution < -0.4 is 20.0 Å². The predicted molar refractivity (Wildman–Crippen MR) is 101 cm³/mol. The number of rotatable bonds is 6. The molecule has 3 N–H and O–H groups in total. The van der Waals surface area contributed by atoms with Gasteiger partial charge in [-0.3, -0.25) is 4.79 Å². The second-order valence-electron chi connectivity index (χ2n) is 7.14. The van der Waals surface area contributed by atoms with E-state index >= 15 is 0 Å². The molecule has 2 heterocycles. The second-order valence-corrected chi connectivity index (χ2v) is 7.14. The standard InChI is InChI=1S/C20H29N3O2/c1-4-12-25-16-6-7-19-17(13-16)20(24)18(15(3)21-19)14-23-10-8-22(5-2)9-11-23/h6-7,13H,4-5,8-12,14H2,1-3H3,(H,21,24)/p+2. The number of hydrogen-bond donors (Lipinski definition) is 3. The highest BCUT2D eigenvalue weighted by molar-refractivity contribution is 5.81. The van der Waals surface area contributed by atoms with Gasteiger partial charge in [0.2, 0.25) is 0 Å². The van der Waals surface area contributed by atoms with E-state index in [-0.39, 0.29) is 5.43 Å². The largest absolute Gasteiger partial charge is 0.494 e. The van der Waals surface area contributed by atoms with Gasteiger partial charge in [0.1, 0.15) is 38.5 Å². The SMILES string of the molecule is CCCOc1ccc2[nH]c(C)c(C[NH+]3CC[NH+](CC)CC3)c(=O)c2c1. The van der Waals surface area contributed by atoms with Crippen molar-refractivity contribution in [3.05, 3.63) is 39.7 Å². The normalized spacial score (nSPS) is 20.8. The second kappa shape index (κ2) is 8.02. The smallest absolute Gasteiger partial charge is 0.198 e. The van der Waals surface area contributed by atoms with Gasteiger partial charge in [-0.2, -0.15) is 0 Å². The van der Waals surface area contributed by atoms with Gasteiger partial charge in [-0.1, -0.05) is 6.92 Å². The van der Waals surface area contributed by atoms with Crippen LogP contribution in [-0.2, 0) is 6.54 Å². The van der Waals surface area contributed by atoms with Crippen LogP contribution in [-0.4, -0.2) is 44.3 Å². The zero-order valence-corrected chi connectivity index (χ0v) is 15.7. The fourth-order valence-electron chi connectivity index (χ4n) is 3.69. The molecule has 0 unspecified atom stereocenters. The molecule has 1 saturated heterocycles. The molecule has 0 bridgehead atoms. The number of pyridine rings is 1. The lowest BCUT2D eigenvalue weighted by Gasteiger charge is -2.29. The maximum Gasteiger partial charge on any atom is 0.198 e. The van der Waals surface area contributed by atoms with Gasteiger partial charge in [0.15, 0.2) is 5.43 Å². The third kappa shape index (κ3) is 4.05. The number of benzene rings is 1. The summed E-state index contributed by atoms with van der Waals surface area (Å²) in [4.78, 5) is 19.7. The number of hydrogen-bond acceptors (Lipinski definition) is 2. The van der Waals surface area contributed by atoms with E-state index < -0.39 is 0 Å². The van der Waals surface area contributed by atoms with Gasteiger partial charge >= 0.3 is 0 Å². The van der Waals surface area contributed by atoms with E-state index in [1.54, 1.807) is 4.90 Å². The van der Waals surface area contributed by atoms with Crippen LogP contribution in [0, 0.1) is 6.92 Å². The maximum absolute atomic E-state index is 13.1. The number of aryl methyl sites for hydroxylation is 1. The first-order valence-corrected chi connectivity index (χ1v) is 9.57. The summed E-state index contributed by atoms with van der Waals surface area (Å²) in [5, 5.41) is 0.742. The summed E-state index contributed by atoms with van der Waals surface area (Å²) in [7, 11) is 0. The van der Waals surface area contributed by atoms with Crippen molar-refractivity contribution in [1.29, 1.82) is 0 Å². The number of aromatic nitrogens is 1. The number of likely N-dealkylation sites (N-methyl/N-ethyl adjacent to an activating group) is 1. The van der Waals surface area contributed by atoms with Gasteiger partial charge in [-0.15, -0.1) is 0 Å². The molecule has 0 saturated carbocycles. The Balaban J connectivity index is 1.86. The van der Waals surface area contributed by atoms with E-state index in [4.69, 9.17) is 4.74 Å². The molecule has 1 aromatic heterocycles. The average molecular weight is 345 g/mol. The molecule has 1 aromatic carbocycles. The predicted octanol–water partition coefficient (Wildman–Crippen LogP) is -0.0714. The molecule has 25 heavy (non-hydrogen) atoms. The summed E-state index contributed by atoms with van der Waals surface area (Å²) < 4.78 is 5.70. The fourth-order valence-corrected chi connectivity index (χ4v) is 3.69. The highest BCUT2D eigenvalue weighted by Gasteiger charge is 2.23. The molecule has 5 nitrogen and oxygen atoms in total. The van der Waals surface area contributed by atoms with Crippen molar-refractivity contribution in [2.45, 2.75) is 33.7 Å². The molecule has 1 aliphatic rings. The topological polar surface area (TPSA) is 51.0 Å². The van der Waals surface area contributed by atoms with Gasteiger partial charge in [-0.05, 0) is 38.5 Å². The molecule has 0 atom stereocenters. The lowest BCUT2D eigenvalue weighted by molar-refractivity contribution is -1.02. The average Bonchev–Trinajstić information content (AvgIpc) is 2.64. The van der Waals surface area contributed by atoms with Crippen LogP contribution >= 0.6 is 0 Å². The van der Waals surface area contributed by atoms with E-state index in [0.717, 1.165) is 54.0 Å². The number of ether oxygens (including phenoxy) is 1. The molecular formula is C20H31N3O2+2. The lowest BCUT2D eigenvalue weighted by Crippen LogP contribution is -3.27. The third-order valence-corrected chi connectivity index (χ3v) is 5.35. The Bertz CT molecular complexity index is 776. The summed E-state index contributed by atoms with van der Waals surface area (Å²) in [6.07, 6.45) is 0.961. The van der Waals surface area contributed by atoms with Crippen LogP contribution in [0.2, 0.25) is 0 Å². The highest BCUT2D eigenvalue weighted by atomic mass is 16.5. The molecule has 0 aliphatic carbocycles. The van der Waals surface area contributed by atoms with Crippen molar-refractivity contribution in [3.8, 4) is 5.75 Å². The molecule has 3 rings (SSSR count). The zero-order valence-electron chi connectivity index (χ0n) is 15.7. The van der Waals surface area contributed by atoms with Crippen molar-refractivity contribution >= 4 is 10.9 Å². The van der Waals surface area contributed by atoms with Gasteiger partial charge in [-0.25, -0.2) is 0 Å². The minimum atomic E-state index is 0.158. The van der Waals surface area contributed by atoms with Crippen LogP contribution in [0.15, 0.2) is 23.0 Å². The van der Waals surface area contributed by atoms with Crippen LogP contribution in [0.4, 0.5) is 0 Å². The molecular weight excluding hydrogens is 314 g/mol. The first-order valence-electron chi connectivity index (χ1n) is 9.57. The van der Waals surface area contributed by atoms with Crippen molar-refractivity contribution in [1.82, 2.24) is 4.98 Å². The number of H-pyrrole nitrogens is 1. The fraction of sp³-hybridized carbons (Fsp3) is 0.550. The Morgan fingerprint density at radius 1 is 1.12 bits per heavy atom. The van der Waals surface area contributed by atoms with E-state index in [0.29, 0.717) is 6.61 Å². The van der Waals surface area contributed by atoms with Gasteiger partial charge < -0.3 is 19.5 Å². The minimum Gasteiger partial charge on any atom is -0.494 e. The van der Waals surface area contributed by atoms with Crippen LogP contribution in [0.5, 0.6) is 5.75 Å². The summed E-state index contributed by atoms with van der Waals surface area (Å²) in [5.41, 5.74) is 2.98. The zero-order chi connectivity index (χ0) is 17.8. The monoisotopic (exact) mass is 345 g/mol. The number of nitrogens with one attached hydrogen (secondary N) is 3. The number of piperazine rings is 1. The van der Waals surface area contributed by atoms with Crippen molar-refractivity contribution < 1.29 is 14.5 Å². The molecule has 0 amide bonds. The Kier molecular flexibility index (Phi) is 5.76. The van der Waals surface area contributed by atoms with E-state index in [2.05, 4.69) is 18.8 Å². The van der Waals surface area contributed by atoms with Crippen LogP contribution in [0.25, 0.3) is 10.9 Å². The lowest BCUT2D eigenvalue weighted by atomic mass is 10.1. The Hall–Kier alpha value is -1.85. The number of aromatic amines is 1. The summed E-state index contributed by atoms with van der Waals surface area (Å²) in [6, 6.07) is 5.78. The van der Waals surface area contributed by atoms with Crippen molar-refractivity contribution in [2.75, 3.05) is 39.3 Å². The molecule has 0 spiro atoms. The van der Waals surface area contributed by atoms with Gasteiger partial charge in [0.05, 0.1) is 18.7 Å². The van der Waals surface area contributed by atoms with E-state index in [1.165, 1.54) is 24.5 Å². The molecule has 2 aromatic rings. The minimum absolute atomic E-state index is 0.158. The van der Waals surface area contributed by atoms with Crippen molar-refractivity contribution in [2.24, 2.45) is 0 Å². The van der Waals surface area contributed by atoms with Crippen molar-refractivity contribution in [3.63, 3.8) is 0 Å². The van der Waals surface area contributed by atoms with E-state index in [9.17, 15) is 4.79 Å². The quantitative estimate of drug-likeness (QED) is 0.686. The molecule has 136 valence electrons.